The molecule has 2 aromatic rings. The van der Waals surface area contributed by atoms with Gasteiger partial charge in [-0.15, -0.1) is 11.3 Å². The van der Waals surface area contributed by atoms with Crippen molar-refractivity contribution in [3.8, 4) is 0 Å². The summed E-state index contributed by atoms with van der Waals surface area (Å²) in [5.41, 5.74) is 2.58. The van der Waals surface area contributed by atoms with Crippen LogP contribution in [0.25, 0.3) is 0 Å². The molecule has 0 bridgehead atoms. The third-order valence-electron chi connectivity index (χ3n) is 6.85. The molecule has 3 aliphatic heterocycles. The number of piperidine rings is 1. The Morgan fingerprint density at radius 1 is 1.31 bits per heavy atom. The Hall–Kier alpha value is -0.920. The van der Waals surface area contributed by atoms with E-state index in [0.717, 1.165) is 75.9 Å². The molecular weight excluding hydrogens is 406 g/mol. The first-order chi connectivity index (χ1) is 14.1. The first kappa shape index (κ1) is 20.0. The molecule has 0 N–H and O–H groups in total. The van der Waals surface area contributed by atoms with Gasteiger partial charge in [0.2, 0.25) is 0 Å². The van der Waals surface area contributed by atoms with Crippen LogP contribution in [-0.4, -0.2) is 47.1 Å². The zero-order valence-corrected chi connectivity index (χ0v) is 18.7. The minimum Gasteiger partial charge on any atom is -0.381 e. The van der Waals surface area contributed by atoms with Gasteiger partial charge in [-0.1, -0.05) is 11.6 Å². The minimum atomic E-state index is -0.130. The highest BCUT2D eigenvalue weighted by molar-refractivity contribution is 7.16. The molecule has 2 atom stereocenters. The Morgan fingerprint density at radius 3 is 3.00 bits per heavy atom. The van der Waals surface area contributed by atoms with Crippen LogP contribution in [0.3, 0.4) is 0 Å². The summed E-state index contributed by atoms with van der Waals surface area (Å²) < 4.78 is 14.9. The second-order valence-corrected chi connectivity index (χ2v) is 10.6. The van der Waals surface area contributed by atoms with E-state index in [-0.39, 0.29) is 5.60 Å². The minimum absolute atomic E-state index is 0.130. The number of likely N-dealkylation sites (tertiary alicyclic amines) is 1. The number of rotatable bonds is 4. The van der Waals surface area contributed by atoms with Gasteiger partial charge < -0.3 is 9.47 Å². The van der Waals surface area contributed by atoms with Crippen LogP contribution in [0.5, 0.6) is 0 Å². The fourth-order valence-corrected chi connectivity index (χ4v) is 6.71. The molecule has 5 rings (SSSR count). The average Bonchev–Trinajstić information content (AvgIpc) is 3.31. The SMILES string of the molecule is C[C@H]1C[C@@]2(CCN1Cc1cnn(CC3CCOCC3)c1)OCCc1cc(Cl)sc12. The summed E-state index contributed by atoms with van der Waals surface area (Å²) in [4.78, 5) is 3.96. The third-order valence-corrected chi connectivity index (χ3v) is 8.34. The van der Waals surface area contributed by atoms with Crippen LogP contribution in [0.15, 0.2) is 18.5 Å². The van der Waals surface area contributed by atoms with E-state index in [1.807, 2.05) is 6.20 Å². The maximum absolute atomic E-state index is 6.40. The van der Waals surface area contributed by atoms with Crippen LogP contribution in [0, 0.1) is 5.92 Å². The highest BCUT2D eigenvalue weighted by Crippen LogP contribution is 2.48. The Labute approximate surface area is 181 Å². The van der Waals surface area contributed by atoms with Crippen LogP contribution in [0.4, 0.5) is 0 Å². The number of aromatic nitrogens is 2. The van der Waals surface area contributed by atoms with Crippen molar-refractivity contribution in [1.29, 1.82) is 0 Å². The first-order valence-corrected chi connectivity index (χ1v) is 12.1. The highest BCUT2D eigenvalue weighted by Gasteiger charge is 2.44. The molecule has 2 aromatic heterocycles. The lowest BCUT2D eigenvalue weighted by atomic mass is 9.82. The van der Waals surface area contributed by atoms with Gasteiger partial charge in [0.25, 0.3) is 0 Å². The topological polar surface area (TPSA) is 39.5 Å². The average molecular weight is 436 g/mol. The molecule has 2 saturated heterocycles. The summed E-state index contributed by atoms with van der Waals surface area (Å²) in [6, 6.07) is 2.62. The molecule has 0 radical (unpaired) electrons. The predicted octanol–water partition coefficient (Wildman–Crippen LogP) is 4.48. The number of hydrogen-bond acceptors (Lipinski definition) is 5. The molecule has 2 fully saturated rings. The van der Waals surface area contributed by atoms with E-state index in [1.54, 1.807) is 11.3 Å². The second-order valence-electron chi connectivity index (χ2n) is 8.90. The predicted molar refractivity (Wildman–Crippen MR) is 116 cm³/mol. The fourth-order valence-electron chi connectivity index (χ4n) is 5.23. The summed E-state index contributed by atoms with van der Waals surface area (Å²) in [6.45, 7) is 7.95. The fraction of sp³-hybridized carbons (Fsp3) is 0.682. The molecule has 7 heteroatoms. The van der Waals surface area contributed by atoms with Crippen LogP contribution >= 0.6 is 22.9 Å². The van der Waals surface area contributed by atoms with Crippen molar-refractivity contribution >= 4 is 22.9 Å². The van der Waals surface area contributed by atoms with Crippen molar-refractivity contribution in [2.45, 2.75) is 63.8 Å². The molecule has 29 heavy (non-hydrogen) atoms. The van der Waals surface area contributed by atoms with Crippen molar-refractivity contribution in [2.75, 3.05) is 26.4 Å². The maximum Gasteiger partial charge on any atom is 0.105 e. The summed E-state index contributed by atoms with van der Waals surface area (Å²) in [5.74, 6) is 0.695. The quantitative estimate of drug-likeness (QED) is 0.709. The molecule has 0 aliphatic carbocycles. The summed E-state index contributed by atoms with van der Waals surface area (Å²) >= 11 is 8.06. The first-order valence-electron chi connectivity index (χ1n) is 10.9. The van der Waals surface area contributed by atoms with E-state index < -0.39 is 0 Å². The Morgan fingerprint density at radius 2 is 2.17 bits per heavy atom. The molecular formula is C22H30ClN3O2S. The van der Waals surface area contributed by atoms with Gasteiger partial charge in [0.05, 0.1) is 17.1 Å². The van der Waals surface area contributed by atoms with E-state index in [4.69, 9.17) is 21.1 Å². The monoisotopic (exact) mass is 435 g/mol. The second kappa shape index (κ2) is 8.31. The van der Waals surface area contributed by atoms with Crippen LogP contribution < -0.4 is 0 Å². The number of ether oxygens (including phenoxy) is 2. The number of halogens is 1. The van der Waals surface area contributed by atoms with E-state index in [0.29, 0.717) is 12.0 Å². The van der Waals surface area contributed by atoms with Crippen molar-refractivity contribution in [3.05, 3.63) is 38.8 Å². The van der Waals surface area contributed by atoms with Crippen molar-refractivity contribution < 1.29 is 9.47 Å². The molecule has 5 nitrogen and oxygen atoms in total. The Kier molecular flexibility index (Phi) is 5.73. The van der Waals surface area contributed by atoms with E-state index in [9.17, 15) is 0 Å². The van der Waals surface area contributed by atoms with Crippen LogP contribution in [-0.2, 0) is 34.6 Å². The largest absolute Gasteiger partial charge is 0.381 e. The van der Waals surface area contributed by atoms with E-state index in [2.05, 4.69) is 33.9 Å². The van der Waals surface area contributed by atoms with Gasteiger partial charge in [-0.3, -0.25) is 9.58 Å². The maximum atomic E-state index is 6.40. The van der Waals surface area contributed by atoms with Gasteiger partial charge in [-0.25, -0.2) is 0 Å². The van der Waals surface area contributed by atoms with Crippen molar-refractivity contribution in [2.24, 2.45) is 5.92 Å². The lowest BCUT2D eigenvalue weighted by Crippen LogP contribution is -2.49. The van der Waals surface area contributed by atoms with Crippen molar-refractivity contribution in [3.63, 3.8) is 0 Å². The zero-order chi connectivity index (χ0) is 19.8. The van der Waals surface area contributed by atoms with Gasteiger partial charge >= 0.3 is 0 Å². The standard InChI is InChI=1S/C22H30ClN3O2S/c1-16-11-22(21-19(4-9-28-22)10-20(23)29-21)5-6-25(16)13-18-12-24-26(15-18)14-17-2-7-27-8-3-17/h10,12,15-17H,2-9,11,13-14H2,1H3/t16-,22+/m0/s1. The third kappa shape index (κ3) is 4.15. The van der Waals surface area contributed by atoms with Crippen LogP contribution in [0.2, 0.25) is 4.34 Å². The molecule has 5 heterocycles. The summed E-state index contributed by atoms with van der Waals surface area (Å²) in [7, 11) is 0. The van der Waals surface area contributed by atoms with E-state index >= 15 is 0 Å². The number of nitrogens with zero attached hydrogens (tertiary/aromatic N) is 3. The smallest absolute Gasteiger partial charge is 0.105 e. The van der Waals surface area contributed by atoms with Crippen molar-refractivity contribution in [1.82, 2.24) is 14.7 Å². The lowest BCUT2D eigenvalue weighted by molar-refractivity contribution is -0.110. The van der Waals surface area contributed by atoms with Gasteiger partial charge in [-0.05, 0) is 56.6 Å². The van der Waals surface area contributed by atoms with E-state index in [1.165, 1.54) is 16.0 Å². The zero-order valence-electron chi connectivity index (χ0n) is 17.1. The van der Waals surface area contributed by atoms with Gasteiger partial charge in [0, 0.05) is 55.5 Å². The Bertz CT molecular complexity index is 847. The number of fused-ring (bicyclic) bond motifs is 2. The van der Waals surface area contributed by atoms with Gasteiger partial charge in [0.1, 0.15) is 5.60 Å². The lowest BCUT2D eigenvalue weighted by Gasteiger charge is -2.47. The van der Waals surface area contributed by atoms with Gasteiger partial charge in [0.15, 0.2) is 0 Å². The normalized spacial score (nSPS) is 28.7. The summed E-state index contributed by atoms with van der Waals surface area (Å²) in [5, 5.41) is 4.63. The van der Waals surface area contributed by atoms with Crippen LogP contribution in [0.1, 0.15) is 48.6 Å². The molecule has 1 spiro atoms. The number of thiophene rings is 1. The Balaban J connectivity index is 1.22. The molecule has 0 saturated carbocycles. The molecule has 3 aliphatic rings. The molecule has 0 aromatic carbocycles. The van der Waals surface area contributed by atoms with Gasteiger partial charge in [-0.2, -0.15) is 5.10 Å². The molecule has 0 unspecified atom stereocenters. The number of hydrogen-bond donors (Lipinski definition) is 0. The summed E-state index contributed by atoms with van der Waals surface area (Å²) in [6.07, 6.45) is 9.64. The molecule has 158 valence electrons. The highest BCUT2D eigenvalue weighted by atomic mass is 35.5. The molecule has 0 amide bonds.